The lowest BCUT2D eigenvalue weighted by molar-refractivity contribution is 0.0702. The molecule has 1 N–H and O–H groups in total. The number of hydrogen-bond donors (Lipinski definition) is 1. The normalized spacial score (nSPS) is 23.7. The van der Waals surface area contributed by atoms with Crippen molar-refractivity contribution in [2.45, 2.75) is 37.2 Å². The van der Waals surface area contributed by atoms with Crippen molar-refractivity contribution in [1.29, 1.82) is 0 Å². The standard InChI is InChI=1S/C24H24ClFO3S/c25-23-20(14-29-18-9-8-15-4-1-2-5-16(15)12-18)17(13-21(23)26)6-3-7-19-10-11-22(30-19)24(27)28/h1-2,4-5,8-12,17,20-21,23H,3,6-7,13-14H2,(H,27,28)/t17-,20+,21?,23?/m0/s1. The number of rotatable bonds is 8. The van der Waals surface area contributed by atoms with Crippen LogP contribution >= 0.6 is 22.9 Å². The molecule has 0 saturated heterocycles. The zero-order chi connectivity index (χ0) is 21.1. The molecule has 4 rings (SSSR count). The third kappa shape index (κ3) is 4.79. The Bertz CT molecular complexity index is 1020. The number of benzene rings is 2. The van der Waals surface area contributed by atoms with Gasteiger partial charge in [-0.15, -0.1) is 22.9 Å². The zero-order valence-electron chi connectivity index (χ0n) is 16.5. The molecule has 30 heavy (non-hydrogen) atoms. The van der Waals surface area contributed by atoms with Crippen LogP contribution in [0.5, 0.6) is 5.75 Å². The van der Waals surface area contributed by atoms with Gasteiger partial charge in [0, 0.05) is 10.8 Å². The summed E-state index contributed by atoms with van der Waals surface area (Å²) in [5.74, 6) is 0.0181. The van der Waals surface area contributed by atoms with Crippen molar-refractivity contribution in [3.63, 3.8) is 0 Å². The van der Waals surface area contributed by atoms with Crippen molar-refractivity contribution in [3.8, 4) is 5.75 Å². The minimum absolute atomic E-state index is 0.0361. The molecule has 0 spiro atoms. The van der Waals surface area contributed by atoms with Crippen LogP contribution in [0.1, 0.15) is 33.8 Å². The second kappa shape index (κ2) is 9.36. The molecular formula is C24H24ClFO3S. The SMILES string of the molecule is O=C(O)c1ccc(CCC[C@H]2CC(F)C(Cl)[C@@H]2COc2ccc3ccccc3c2)s1. The lowest BCUT2D eigenvalue weighted by atomic mass is 9.91. The summed E-state index contributed by atoms with van der Waals surface area (Å²) in [5, 5.41) is 10.8. The Kier molecular flexibility index (Phi) is 6.59. The summed E-state index contributed by atoms with van der Waals surface area (Å²) in [5.41, 5.74) is 0. The van der Waals surface area contributed by atoms with Crippen LogP contribution in [0.25, 0.3) is 10.8 Å². The molecule has 1 aromatic heterocycles. The van der Waals surface area contributed by atoms with Crippen LogP contribution < -0.4 is 4.74 Å². The van der Waals surface area contributed by atoms with Gasteiger partial charge in [-0.3, -0.25) is 0 Å². The van der Waals surface area contributed by atoms with Crippen molar-refractivity contribution in [3.05, 3.63) is 64.4 Å². The third-order valence-corrected chi connectivity index (χ3v) is 7.65. The molecule has 3 nitrogen and oxygen atoms in total. The smallest absolute Gasteiger partial charge is 0.345 e. The van der Waals surface area contributed by atoms with Crippen LogP contribution in [0.15, 0.2) is 54.6 Å². The lowest BCUT2D eigenvalue weighted by Gasteiger charge is -2.22. The van der Waals surface area contributed by atoms with E-state index in [4.69, 9.17) is 21.4 Å². The summed E-state index contributed by atoms with van der Waals surface area (Å²) in [4.78, 5) is 12.4. The molecule has 3 aromatic rings. The fourth-order valence-electron chi connectivity index (χ4n) is 4.30. The molecule has 1 fully saturated rings. The molecule has 2 unspecified atom stereocenters. The Hall–Kier alpha value is -2.11. The van der Waals surface area contributed by atoms with Crippen LogP contribution in [-0.4, -0.2) is 29.2 Å². The number of carbonyl (C=O) groups is 1. The molecule has 0 aliphatic heterocycles. The number of hydrogen-bond acceptors (Lipinski definition) is 3. The second-order valence-corrected chi connectivity index (χ2v) is 9.58. The lowest BCUT2D eigenvalue weighted by Crippen LogP contribution is -2.25. The van der Waals surface area contributed by atoms with E-state index in [1.165, 1.54) is 11.3 Å². The topological polar surface area (TPSA) is 46.5 Å². The van der Waals surface area contributed by atoms with E-state index in [9.17, 15) is 9.18 Å². The predicted octanol–water partition coefficient (Wildman–Crippen LogP) is 6.58. The Morgan fingerprint density at radius 1 is 1.17 bits per heavy atom. The summed E-state index contributed by atoms with van der Waals surface area (Å²) >= 11 is 7.71. The van der Waals surface area contributed by atoms with E-state index in [0.717, 1.165) is 40.7 Å². The van der Waals surface area contributed by atoms with Crippen molar-refractivity contribution in [1.82, 2.24) is 0 Å². The number of alkyl halides is 2. The average molecular weight is 447 g/mol. The van der Waals surface area contributed by atoms with Crippen LogP contribution in [0.4, 0.5) is 4.39 Å². The van der Waals surface area contributed by atoms with Gasteiger partial charge in [-0.1, -0.05) is 30.3 Å². The fourth-order valence-corrected chi connectivity index (χ4v) is 5.57. The van der Waals surface area contributed by atoms with Crippen molar-refractivity contribution < 1.29 is 19.0 Å². The van der Waals surface area contributed by atoms with Gasteiger partial charge in [0.2, 0.25) is 0 Å². The molecule has 1 aliphatic carbocycles. The highest BCUT2D eigenvalue weighted by molar-refractivity contribution is 7.13. The van der Waals surface area contributed by atoms with Gasteiger partial charge < -0.3 is 9.84 Å². The van der Waals surface area contributed by atoms with Crippen molar-refractivity contribution in [2.24, 2.45) is 11.8 Å². The highest BCUT2D eigenvalue weighted by atomic mass is 35.5. The van der Waals surface area contributed by atoms with Gasteiger partial charge in [0.1, 0.15) is 16.8 Å². The Balaban J connectivity index is 1.34. The molecule has 0 radical (unpaired) electrons. The van der Waals surface area contributed by atoms with Crippen molar-refractivity contribution in [2.75, 3.05) is 6.61 Å². The Morgan fingerprint density at radius 3 is 2.73 bits per heavy atom. The summed E-state index contributed by atoms with van der Waals surface area (Å²) < 4.78 is 20.4. The van der Waals surface area contributed by atoms with Crippen LogP contribution in [-0.2, 0) is 6.42 Å². The summed E-state index contributed by atoms with van der Waals surface area (Å²) in [6.07, 6.45) is 1.99. The first-order valence-corrected chi connectivity index (χ1v) is 11.5. The monoisotopic (exact) mass is 446 g/mol. The number of aromatic carboxylic acids is 1. The van der Waals surface area contributed by atoms with Gasteiger partial charge in [-0.25, -0.2) is 9.18 Å². The van der Waals surface area contributed by atoms with Crippen molar-refractivity contribution >= 4 is 39.7 Å². The van der Waals surface area contributed by atoms with E-state index in [1.807, 2.05) is 42.5 Å². The highest BCUT2D eigenvalue weighted by Gasteiger charge is 2.42. The van der Waals surface area contributed by atoms with E-state index in [2.05, 4.69) is 6.07 Å². The molecule has 6 heteroatoms. The molecule has 2 aromatic carbocycles. The number of carboxylic acids is 1. The molecule has 0 bridgehead atoms. The van der Waals surface area contributed by atoms with E-state index < -0.39 is 17.5 Å². The van der Waals surface area contributed by atoms with E-state index in [0.29, 0.717) is 17.9 Å². The summed E-state index contributed by atoms with van der Waals surface area (Å²) in [6.45, 7) is 0.403. The molecule has 0 amide bonds. The number of thiophene rings is 1. The van der Waals surface area contributed by atoms with Crippen LogP contribution in [0.2, 0.25) is 0 Å². The maximum absolute atomic E-state index is 14.3. The second-order valence-electron chi connectivity index (χ2n) is 7.90. The Labute approximate surface area is 184 Å². The average Bonchev–Trinajstić information content (AvgIpc) is 3.32. The molecule has 1 aliphatic rings. The largest absolute Gasteiger partial charge is 0.493 e. The van der Waals surface area contributed by atoms with Crippen LogP contribution in [0.3, 0.4) is 0 Å². The van der Waals surface area contributed by atoms with E-state index in [1.54, 1.807) is 6.07 Å². The van der Waals surface area contributed by atoms with Gasteiger partial charge in [-0.05, 0) is 66.6 Å². The third-order valence-electron chi connectivity index (χ3n) is 5.92. The maximum atomic E-state index is 14.3. The number of fused-ring (bicyclic) bond motifs is 1. The van der Waals surface area contributed by atoms with Gasteiger partial charge >= 0.3 is 5.97 Å². The molecule has 1 heterocycles. The first kappa shape index (κ1) is 21.1. The first-order valence-electron chi connectivity index (χ1n) is 10.2. The fraction of sp³-hybridized carbons (Fsp3) is 0.375. The molecule has 1 saturated carbocycles. The van der Waals surface area contributed by atoms with Crippen LogP contribution in [0, 0.1) is 11.8 Å². The molecule has 4 atom stereocenters. The van der Waals surface area contributed by atoms with Gasteiger partial charge in [0.25, 0.3) is 0 Å². The minimum Gasteiger partial charge on any atom is -0.493 e. The number of aryl methyl sites for hydroxylation is 1. The minimum atomic E-state index is -1.01. The van der Waals surface area contributed by atoms with E-state index in [-0.39, 0.29) is 11.8 Å². The summed E-state index contributed by atoms with van der Waals surface area (Å²) in [6, 6.07) is 17.6. The van der Waals surface area contributed by atoms with E-state index >= 15 is 0 Å². The number of carboxylic acid groups (broad SMARTS) is 1. The van der Waals surface area contributed by atoms with Gasteiger partial charge in [0.05, 0.1) is 12.0 Å². The predicted molar refractivity (Wildman–Crippen MR) is 120 cm³/mol. The number of ether oxygens (including phenoxy) is 1. The first-order chi connectivity index (χ1) is 14.5. The maximum Gasteiger partial charge on any atom is 0.345 e. The summed E-state index contributed by atoms with van der Waals surface area (Å²) in [7, 11) is 0. The quantitative estimate of drug-likeness (QED) is 0.397. The zero-order valence-corrected chi connectivity index (χ0v) is 18.0. The van der Waals surface area contributed by atoms with Gasteiger partial charge in [0.15, 0.2) is 0 Å². The van der Waals surface area contributed by atoms with Gasteiger partial charge in [-0.2, -0.15) is 0 Å². The highest BCUT2D eigenvalue weighted by Crippen LogP contribution is 2.41. The molecule has 158 valence electrons. The molecular weight excluding hydrogens is 423 g/mol. The number of halogens is 2. The Morgan fingerprint density at radius 2 is 1.97 bits per heavy atom.